The first kappa shape index (κ1) is 15.8. The quantitative estimate of drug-likeness (QED) is 0.781. The predicted octanol–water partition coefficient (Wildman–Crippen LogP) is 2.71. The lowest BCUT2D eigenvalue weighted by molar-refractivity contribution is 0.0944. The van der Waals surface area contributed by atoms with Gasteiger partial charge >= 0.3 is 0 Å². The highest BCUT2D eigenvalue weighted by molar-refractivity contribution is 5.97. The number of benzene rings is 1. The van der Waals surface area contributed by atoms with E-state index in [4.69, 9.17) is 5.11 Å². The number of aliphatic hydroxyl groups is 1. The smallest absolute Gasteiger partial charge is 0.251 e. The molecule has 0 aromatic heterocycles. The molecular formula is C17H26N2O2. The molecule has 1 fully saturated rings. The van der Waals surface area contributed by atoms with Crippen LogP contribution in [-0.2, 0) is 0 Å². The van der Waals surface area contributed by atoms with E-state index in [1.807, 2.05) is 25.1 Å². The number of anilines is 1. The molecule has 1 aromatic rings. The van der Waals surface area contributed by atoms with Crippen molar-refractivity contribution in [2.45, 2.75) is 45.6 Å². The minimum Gasteiger partial charge on any atom is -0.395 e. The average molecular weight is 290 g/mol. The number of carbonyl (C=O) groups excluding carboxylic acids is 1. The summed E-state index contributed by atoms with van der Waals surface area (Å²) in [7, 11) is 0. The molecule has 2 unspecified atom stereocenters. The average Bonchev–Trinajstić information content (AvgIpc) is 2.49. The minimum absolute atomic E-state index is 0.0394. The fourth-order valence-electron chi connectivity index (χ4n) is 3.03. The van der Waals surface area contributed by atoms with Crippen LogP contribution in [0.15, 0.2) is 18.2 Å². The van der Waals surface area contributed by atoms with E-state index in [2.05, 4.69) is 17.6 Å². The topological polar surface area (TPSA) is 61.4 Å². The molecule has 2 rings (SSSR count). The molecule has 1 amide bonds. The van der Waals surface area contributed by atoms with E-state index in [9.17, 15) is 4.79 Å². The van der Waals surface area contributed by atoms with E-state index in [0.717, 1.165) is 11.3 Å². The maximum absolute atomic E-state index is 12.1. The second-order valence-corrected chi connectivity index (χ2v) is 5.97. The van der Waals surface area contributed by atoms with Crippen LogP contribution in [0.2, 0.25) is 0 Å². The Kier molecular flexibility index (Phi) is 5.62. The molecule has 4 nitrogen and oxygen atoms in total. The zero-order valence-corrected chi connectivity index (χ0v) is 13.0. The molecule has 116 valence electrons. The Morgan fingerprint density at radius 2 is 2.10 bits per heavy atom. The van der Waals surface area contributed by atoms with Gasteiger partial charge in [0.2, 0.25) is 0 Å². The summed E-state index contributed by atoms with van der Waals surface area (Å²) in [6.45, 7) is 4.52. The molecule has 2 atom stereocenters. The van der Waals surface area contributed by atoms with Crippen molar-refractivity contribution in [3.8, 4) is 0 Å². The van der Waals surface area contributed by atoms with Crippen LogP contribution in [0.1, 0.15) is 48.5 Å². The summed E-state index contributed by atoms with van der Waals surface area (Å²) in [5.41, 5.74) is 2.70. The van der Waals surface area contributed by atoms with Crippen LogP contribution in [-0.4, -0.2) is 30.2 Å². The maximum Gasteiger partial charge on any atom is 0.251 e. The third-order valence-electron chi connectivity index (χ3n) is 4.43. The van der Waals surface area contributed by atoms with Gasteiger partial charge in [0.15, 0.2) is 0 Å². The van der Waals surface area contributed by atoms with Gasteiger partial charge in [-0.15, -0.1) is 0 Å². The normalized spacial score (nSPS) is 21.9. The van der Waals surface area contributed by atoms with Gasteiger partial charge in [0.1, 0.15) is 0 Å². The molecule has 0 saturated heterocycles. The van der Waals surface area contributed by atoms with Gasteiger partial charge in [-0.2, -0.15) is 0 Å². The van der Waals surface area contributed by atoms with E-state index >= 15 is 0 Å². The van der Waals surface area contributed by atoms with Gasteiger partial charge in [-0.05, 0) is 43.4 Å². The Bertz CT molecular complexity index is 488. The summed E-state index contributed by atoms with van der Waals surface area (Å²) in [4.78, 5) is 12.1. The van der Waals surface area contributed by atoms with Gasteiger partial charge < -0.3 is 15.7 Å². The summed E-state index contributed by atoms with van der Waals surface area (Å²) < 4.78 is 0. The van der Waals surface area contributed by atoms with Crippen LogP contribution in [0.4, 0.5) is 5.69 Å². The molecule has 1 aliphatic carbocycles. The molecule has 21 heavy (non-hydrogen) atoms. The zero-order valence-electron chi connectivity index (χ0n) is 13.0. The van der Waals surface area contributed by atoms with Crippen LogP contribution >= 0.6 is 0 Å². The Morgan fingerprint density at radius 1 is 1.33 bits per heavy atom. The number of aliphatic hydroxyl groups excluding tert-OH is 1. The van der Waals surface area contributed by atoms with Crippen molar-refractivity contribution in [1.82, 2.24) is 5.32 Å². The lowest BCUT2D eigenvalue weighted by Gasteiger charge is -2.31. The highest BCUT2D eigenvalue weighted by Gasteiger charge is 2.22. The second-order valence-electron chi connectivity index (χ2n) is 5.97. The number of amides is 1. The van der Waals surface area contributed by atoms with Crippen LogP contribution in [0.25, 0.3) is 0 Å². The van der Waals surface area contributed by atoms with Crippen molar-refractivity contribution in [3.05, 3.63) is 29.3 Å². The van der Waals surface area contributed by atoms with Gasteiger partial charge in [-0.1, -0.05) is 25.8 Å². The third-order valence-corrected chi connectivity index (χ3v) is 4.43. The SMILES string of the molecule is Cc1c(NC2CCCCC2C)cccc1C(=O)NCCO. The van der Waals surface area contributed by atoms with Gasteiger partial charge in [0.25, 0.3) is 5.91 Å². The van der Waals surface area contributed by atoms with Crippen LogP contribution in [0, 0.1) is 12.8 Å². The van der Waals surface area contributed by atoms with Gasteiger partial charge in [0.05, 0.1) is 6.61 Å². The molecule has 0 radical (unpaired) electrons. The van der Waals surface area contributed by atoms with Crippen molar-refractivity contribution in [2.75, 3.05) is 18.5 Å². The van der Waals surface area contributed by atoms with Crippen LogP contribution < -0.4 is 10.6 Å². The van der Waals surface area contributed by atoms with Crippen molar-refractivity contribution in [2.24, 2.45) is 5.92 Å². The first-order valence-corrected chi connectivity index (χ1v) is 7.88. The van der Waals surface area contributed by atoms with Crippen molar-refractivity contribution in [3.63, 3.8) is 0 Å². The summed E-state index contributed by atoms with van der Waals surface area (Å²) in [6, 6.07) is 6.28. The van der Waals surface area contributed by atoms with E-state index in [0.29, 0.717) is 17.5 Å². The molecule has 1 saturated carbocycles. The van der Waals surface area contributed by atoms with E-state index in [-0.39, 0.29) is 19.1 Å². The van der Waals surface area contributed by atoms with Gasteiger partial charge in [-0.25, -0.2) is 0 Å². The van der Waals surface area contributed by atoms with Crippen molar-refractivity contribution < 1.29 is 9.90 Å². The molecule has 1 aromatic carbocycles. The van der Waals surface area contributed by atoms with Crippen molar-refractivity contribution >= 4 is 11.6 Å². The Labute approximate surface area is 126 Å². The molecular weight excluding hydrogens is 264 g/mol. The summed E-state index contributed by atoms with van der Waals surface area (Å²) in [5.74, 6) is 0.548. The predicted molar refractivity (Wildman–Crippen MR) is 85.6 cm³/mol. The number of hydrogen-bond donors (Lipinski definition) is 3. The molecule has 3 N–H and O–H groups in total. The lowest BCUT2D eigenvalue weighted by atomic mass is 9.85. The number of hydrogen-bond acceptors (Lipinski definition) is 3. The first-order chi connectivity index (χ1) is 10.1. The fourth-order valence-corrected chi connectivity index (χ4v) is 3.03. The monoisotopic (exact) mass is 290 g/mol. The number of nitrogens with one attached hydrogen (secondary N) is 2. The third kappa shape index (κ3) is 3.97. The summed E-state index contributed by atoms with van der Waals surface area (Å²) in [6.07, 6.45) is 5.06. The molecule has 0 bridgehead atoms. The molecule has 0 aliphatic heterocycles. The highest BCUT2D eigenvalue weighted by Crippen LogP contribution is 2.28. The zero-order chi connectivity index (χ0) is 15.2. The number of carbonyl (C=O) groups is 1. The Hall–Kier alpha value is -1.55. The van der Waals surface area contributed by atoms with Crippen molar-refractivity contribution in [1.29, 1.82) is 0 Å². The standard InChI is InChI=1S/C17H26N2O2/c1-12-6-3-4-8-15(12)19-16-9-5-7-14(13(16)2)17(21)18-10-11-20/h5,7,9,12,15,19-20H,3-4,6,8,10-11H2,1-2H3,(H,18,21). The molecule has 4 heteroatoms. The maximum atomic E-state index is 12.1. The fraction of sp³-hybridized carbons (Fsp3) is 0.588. The van der Waals surface area contributed by atoms with Gasteiger partial charge in [0, 0.05) is 23.8 Å². The van der Waals surface area contributed by atoms with Gasteiger partial charge in [-0.3, -0.25) is 4.79 Å². The van der Waals surface area contributed by atoms with Crippen LogP contribution in [0.5, 0.6) is 0 Å². The largest absolute Gasteiger partial charge is 0.395 e. The summed E-state index contributed by atoms with van der Waals surface area (Å²) in [5, 5.41) is 15.1. The summed E-state index contributed by atoms with van der Waals surface area (Å²) >= 11 is 0. The van der Waals surface area contributed by atoms with E-state index < -0.39 is 0 Å². The van der Waals surface area contributed by atoms with E-state index in [1.165, 1.54) is 25.7 Å². The first-order valence-electron chi connectivity index (χ1n) is 7.88. The lowest BCUT2D eigenvalue weighted by Crippen LogP contribution is -2.31. The Morgan fingerprint density at radius 3 is 2.81 bits per heavy atom. The highest BCUT2D eigenvalue weighted by atomic mass is 16.3. The molecule has 1 aliphatic rings. The van der Waals surface area contributed by atoms with Crippen LogP contribution in [0.3, 0.4) is 0 Å². The molecule has 0 spiro atoms. The number of rotatable bonds is 5. The van der Waals surface area contributed by atoms with E-state index in [1.54, 1.807) is 0 Å². The minimum atomic E-state index is -0.123. The molecule has 0 heterocycles. The Balaban J connectivity index is 2.11. The second kappa shape index (κ2) is 7.46.